The fourth-order valence-corrected chi connectivity index (χ4v) is 3.28. The van der Waals surface area contributed by atoms with Gasteiger partial charge in [0.05, 0.1) is 12.7 Å². The summed E-state index contributed by atoms with van der Waals surface area (Å²) in [4.78, 5) is 14.5. The van der Waals surface area contributed by atoms with Gasteiger partial charge in [-0.1, -0.05) is 18.2 Å². The summed E-state index contributed by atoms with van der Waals surface area (Å²) in [6.07, 6.45) is 1.25. The van der Waals surface area contributed by atoms with Gasteiger partial charge in [-0.2, -0.15) is 0 Å². The van der Waals surface area contributed by atoms with Crippen molar-refractivity contribution in [1.29, 1.82) is 0 Å². The Morgan fingerprint density at radius 2 is 2.23 bits per heavy atom. The maximum absolute atomic E-state index is 12.1. The number of rotatable bonds is 4. The minimum absolute atomic E-state index is 0.0536. The molecule has 0 saturated carbocycles. The molecule has 1 aromatic carbocycles. The monoisotopic (exact) mass is 304 g/mol. The number of carbonyl (C=O) groups excluding carboxylic acids is 1. The third-order valence-corrected chi connectivity index (χ3v) is 4.41. The lowest BCUT2D eigenvalue weighted by Crippen LogP contribution is -2.45. The molecule has 1 aromatic rings. The number of hydrogen-bond acceptors (Lipinski definition) is 4. The Balaban J connectivity index is 1.46. The molecule has 2 aliphatic rings. The molecule has 2 saturated heterocycles. The summed E-state index contributed by atoms with van der Waals surface area (Å²) in [5.74, 6) is 0.714. The smallest absolute Gasteiger partial charge is 0.258 e. The molecule has 0 spiro atoms. The van der Waals surface area contributed by atoms with Crippen molar-refractivity contribution in [3.05, 3.63) is 29.8 Å². The molecule has 0 aliphatic carbocycles. The van der Waals surface area contributed by atoms with Crippen LogP contribution in [0.1, 0.15) is 18.9 Å². The second kappa shape index (κ2) is 6.67. The Kier molecular flexibility index (Phi) is 4.64. The number of benzene rings is 1. The first-order valence-electron chi connectivity index (χ1n) is 7.95. The van der Waals surface area contributed by atoms with Gasteiger partial charge in [0.15, 0.2) is 6.61 Å². The van der Waals surface area contributed by atoms with E-state index in [9.17, 15) is 4.79 Å². The van der Waals surface area contributed by atoms with E-state index in [4.69, 9.17) is 9.47 Å². The number of para-hydroxylation sites is 1. The van der Waals surface area contributed by atoms with Crippen LogP contribution in [0, 0.1) is 6.92 Å². The summed E-state index contributed by atoms with van der Waals surface area (Å²) in [6.45, 7) is 6.78. The second-order valence-electron chi connectivity index (χ2n) is 6.31. The third-order valence-electron chi connectivity index (χ3n) is 4.41. The van der Waals surface area contributed by atoms with Crippen molar-refractivity contribution in [2.45, 2.75) is 38.5 Å². The van der Waals surface area contributed by atoms with E-state index < -0.39 is 0 Å². The SMILES string of the molecule is Cc1ccccc1OCC(=O)N[C@@H]1C[C@H]2CO[C@H](C)CN2C1. The van der Waals surface area contributed by atoms with Gasteiger partial charge in [0.1, 0.15) is 5.75 Å². The average Bonchev–Trinajstić information content (AvgIpc) is 2.87. The number of nitrogens with zero attached hydrogens (tertiary/aromatic N) is 1. The molecule has 0 unspecified atom stereocenters. The summed E-state index contributed by atoms with van der Waals surface area (Å²) >= 11 is 0. The van der Waals surface area contributed by atoms with Crippen molar-refractivity contribution in [2.24, 2.45) is 0 Å². The van der Waals surface area contributed by atoms with E-state index in [1.165, 1.54) is 0 Å². The van der Waals surface area contributed by atoms with Crippen LogP contribution in [0.2, 0.25) is 0 Å². The van der Waals surface area contributed by atoms with Crippen LogP contribution in [0.5, 0.6) is 5.75 Å². The van der Waals surface area contributed by atoms with Crippen LogP contribution in [-0.2, 0) is 9.53 Å². The zero-order valence-electron chi connectivity index (χ0n) is 13.2. The number of nitrogens with one attached hydrogen (secondary N) is 1. The zero-order chi connectivity index (χ0) is 15.5. The van der Waals surface area contributed by atoms with Gasteiger partial charge >= 0.3 is 0 Å². The van der Waals surface area contributed by atoms with Gasteiger partial charge in [-0.15, -0.1) is 0 Å². The van der Waals surface area contributed by atoms with E-state index in [1.807, 2.05) is 31.2 Å². The van der Waals surface area contributed by atoms with E-state index in [-0.39, 0.29) is 24.7 Å². The molecule has 0 radical (unpaired) electrons. The third kappa shape index (κ3) is 3.59. The first-order valence-corrected chi connectivity index (χ1v) is 7.95. The van der Waals surface area contributed by atoms with Crippen molar-refractivity contribution >= 4 is 5.91 Å². The lowest BCUT2D eigenvalue weighted by atomic mass is 10.1. The summed E-state index contributed by atoms with van der Waals surface area (Å²) in [6, 6.07) is 8.38. The standard InChI is InChI=1S/C17H24N2O3/c1-12-5-3-4-6-16(12)22-11-17(20)18-14-7-15-10-21-13(2)8-19(15)9-14/h3-6,13-15H,7-11H2,1-2H3,(H,18,20)/t13-,14-,15+/m1/s1. The van der Waals surface area contributed by atoms with Gasteiger partial charge in [0.25, 0.3) is 5.91 Å². The van der Waals surface area contributed by atoms with E-state index in [2.05, 4.69) is 17.1 Å². The number of morpholine rings is 1. The maximum atomic E-state index is 12.1. The van der Waals surface area contributed by atoms with Crippen molar-refractivity contribution < 1.29 is 14.3 Å². The number of fused-ring (bicyclic) bond motifs is 1. The average molecular weight is 304 g/mol. The van der Waals surface area contributed by atoms with Crippen LogP contribution in [0.15, 0.2) is 24.3 Å². The molecule has 3 rings (SSSR count). The fourth-order valence-electron chi connectivity index (χ4n) is 3.28. The van der Waals surface area contributed by atoms with Crippen LogP contribution in [-0.4, -0.2) is 55.3 Å². The lowest BCUT2D eigenvalue weighted by molar-refractivity contribution is -0.123. The molecule has 120 valence electrons. The Morgan fingerprint density at radius 1 is 1.41 bits per heavy atom. The minimum Gasteiger partial charge on any atom is -0.484 e. The van der Waals surface area contributed by atoms with Crippen LogP contribution < -0.4 is 10.1 Å². The van der Waals surface area contributed by atoms with Gasteiger partial charge in [0, 0.05) is 25.2 Å². The predicted molar refractivity (Wildman–Crippen MR) is 84.0 cm³/mol. The first kappa shape index (κ1) is 15.3. The number of aryl methyl sites for hydroxylation is 1. The Morgan fingerprint density at radius 3 is 3.05 bits per heavy atom. The summed E-state index contributed by atoms with van der Waals surface area (Å²) < 4.78 is 11.3. The molecule has 2 aliphatic heterocycles. The van der Waals surface area contributed by atoms with Gasteiger partial charge in [0.2, 0.25) is 0 Å². The lowest BCUT2D eigenvalue weighted by Gasteiger charge is -2.33. The number of ether oxygens (including phenoxy) is 2. The number of hydrogen-bond donors (Lipinski definition) is 1. The predicted octanol–water partition coefficient (Wildman–Crippen LogP) is 1.35. The van der Waals surface area contributed by atoms with Gasteiger partial charge < -0.3 is 14.8 Å². The van der Waals surface area contributed by atoms with Crippen LogP contribution in [0.25, 0.3) is 0 Å². The van der Waals surface area contributed by atoms with Crippen molar-refractivity contribution in [3.63, 3.8) is 0 Å². The van der Waals surface area contributed by atoms with Crippen molar-refractivity contribution in [3.8, 4) is 5.75 Å². The molecule has 22 heavy (non-hydrogen) atoms. The van der Waals surface area contributed by atoms with Gasteiger partial charge in [-0.3, -0.25) is 9.69 Å². The molecule has 2 heterocycles. The molecule has 1 amide bonds. The van der Waals surface area contributed by atoms with E-state index >= 15 is 0 Å². The van der Waals surface area contributed by atoms with Crippen LogP contribution in [0.4, 0.5) is 0 Å². The molecule has 0 aromatic heterocycles. The molecular formula is C17H24N2O3. The molecule has 1 N–H and O–H groups in total. The molecule has 5 heteroatoms. The Bertz CT molecular complexity index is 534. The topological polar surface area (TPSA) is 50.8 Å². The van der Waals surface area contributed by atoms with Gasteiger partial charge in [-0.25, -0.2) is 0 Å². The van der Waals surface area contributed by atoms with Crippen LogP contribution >= 0.6 is 0 Å². The molecule has 3 atom stereocenters. The molecule has 0 bridgehead atoms. The molecule has 2 fully saturated rings. The highest BCUT2D eigenvalue weighted by atomic mass is 16.5. The summed E-state index contributed by atoms with van der Waals surface area (Å²) in [7, 11) is 0. The highest BCUT2D eigenvalue weighted by molar-refractivity contribution is 5.78. The van der Waals surface area contributed by atoms with E-state index in [1.54, 1.807) is 0 Å². The van der Waals surface area contributed by atoms with E-state index in [0.29, 0.717) is 6.04 Å². The second-order valence-corrected chi connectivity index (χ2v) is 6.31. The molecular weight excluding hydrogens is 280 g/mol. The van der Waals surface area contributed by atoms with E-state index in [0.717, 1.165) is 37.4 Å². The van der Waals surface area contributed by atoms with Gasteiger partial charge in [-0.05, 0) is 31.9 Å². The fraction of sp³-hybridized carbons (Fsp3) is 0.588. The van der Waals surface area contributed by atoms with Crippen molar-refractivity contribution in [1.82, 2.24) is 10.2 Å². The van der Waals surface area contributed by atoms with Crippen LogP contribution in [0.3, 0.4) is 0 Å². The molecule has 5 nitrogen and oxygen atoms in total. The summed E-state index contributed by atoms with van der Waals surface area (Å²) in [5, 5.41) is 3.08. The van der Waals surface area contributed by atoms with Crippen molar-refractivity contribution in [2.75, 3.05) is 26.3 Å². The first-order chi connectivity index (χ1) is 10.6. The highest BCUT2D eigenvalue weighted by Crippen LogP contribution is 2.23. The number of amides is 1. The quantitative estimate of drug-likeness (QED) is 0.912. The Labute approximate surface area is 131 Å². The highest BCUT2D eigenvalue weighted by Gasteiger charge is 2.36. The normalized spacial score (nSPS) is 28.2. The number of carbonyl (C=O) groups is 1. The maximum Gasteiger partial charge on any atom is 0.258 e. The Hall–Kier alpha value is -1.59. The largest absolute Gasteiger partial charge is 0.484 e. The zero-order valence-corrected chi connectivity index (χ0v) is 13.2. The minimum atomic E-state index is -0.0536. The summed E-state index contributed by atoms with van der Waals surface area (Å²) in [5.41, 5.74) is 1.04.